The molecular formula is C18H23Cl2N2O2-. The van der Waals surface area contributed by atoms with Gasteiger partial charge in [-0.1, -0.05) is 23.7 Å². The molecule has 132 valence electrons. The van der Waals surface area contributed by atoms with E-state index < -0.39 is 0 Å². The molecule has 0 atom stereocenters. The summed E-state index contributed by atoms with van der Waals surface area (Å²) < 4.78 is 11.2. The van der Waals surface area contributed by atoms with Gasteiger partial charge in [0.1, 0.15) is 11.5 Å². The highest BCUT2D eigenvalue weighted by Gasteiger charge is 2.09. The number of furan rings is 1. The first kappa shape index (κ1) is 19.3. The van der Waals surface area contributed by atoms with Crippen LogP contribution in [-0.4, -0.2) is 44.3 Å². The number of halogens is 2. The molecule has 1 aromatic heterocycles. The maximum Gasteiger partial charge on any atom is 0.134 e. The molecule has 2 heterocycles. The topological polar surface area (TPSA) is 37.6 Å². The summed E-state index contributed by atoms with van der Waals surface area (Å²) >= 11 is 6.02. The third-order valence-corrected chi connectivity index (χ3v) is 4.24. The summed E-state index contributed by atoms with van der Waals surface area (Å²) in [4.78, 5) is 2.45. The fraction of sp³-hybridized carbons (Fsp3) is 0.444. The lowest BCUT2D eigenvalue weighted by Gasteiger charge is -2.26. The number of benzene rings is 1. The third kappa shape index (κ3) is 5.80. The van der Waals surface area contributed by atoms with Crippen LogP contribution >= 0.6 is 11.6 Å². The molecule has 3 rings (SSSR count). The highest BCUT2D eigenvalue weighted by molar-refractivity contribution is 6.30. The molecule has 0 radical (unpaired) electrons. The molecule has 24 heavy (non-hydrogen) atoms. The van der Waals surface area contributed by atoms with Crippen LogP contribution in [0.1, 0.15) is 12.2 Å². The van der Waals surface area contributed by atoms with Crippen molar-refractivity contribution >= 4 is 11.6 Å². The van der Waals surface area contributed by atoms with Crippen LogP contribution in [0.5, 0.6) is 0 Å². The standard InChI is InChI=1S/C18H23ClN2O2.ClH/c19-16-4-1-3-15(13-16)18-6-5-17(23-18)14-20-7-2-8-21-9-11-22-12-10-21;/h1,3-6,13,20H,2,7-12,14H2;1H/p-1. The van der Waals surface area contributed by atoms with Crippen molar-refractivity contribution in [2.24, 2.45) is 0 Å². The summed E-state index contributed by atoms with van der Waals surface area (Å²) in [6.45, 7) is 6.72. The van der Waals surface area contributed by atoms with E-state index in [1.54, 1.807) is 0 Å². The lowest BCUT2D eigenvalue weighted by molar-refractivity contribution is -0.00000671. The molecule has 4 nitrogen and oxygen atoms in total. The molecule has 1 saturated heterocycles. The molecule has 0 unspecified atom stereocenters. The molecule has 0 aliphatic carbocycles. The number of nitrogens with one attached hydrogen (secondary N) is 1. The predicted molar refractivity (Wildman–Crippen MR) is 92.7 cm³/mol. The van der Waals surface area contributed by atoms with E-state index in [9.17, 15) is 0 Å². The maximum atomic E-state index is 6.02. The van der Waals surface area contributed by atoms with E-state index in [1.165, 1.54) is 0 Å². The van der Waals surface area contributed by atoms with Gasteiger partial charge in [-0.3, -0.25) is 4.90 Å². The van der Waals surface area contributed by atoms with Crippen molar-refractivity contribution in [3.05, 3.63) is 47.2 Å². The Morgan fingerprint density at radius 3 is 2.75 bits per heavy atom. The summed E-state index contributed by atoms with van der Waals surface area (Å²) in [6, 6.07) is 11.7. The van der Waals surface area contributed by atoms with E-state index in [1.807, 2.05) is 36.4 Å². The first-order valence-electron chi connectivity index (χ1n) is 8.17. The van der Waals surface area contributed by atoms with Crippen molar-refractivity contribution in [2.45, 2.75) is 13.0 Å². The van der Waals surface area contributed by atoms with Crippen LogP contribution in [0.15, 0.2) is 40.8 Å². The van der Waals surface area contributed by atoms with Gasteiger partial charge in [0, 0.05) is 23.7 Å². The Bertz CT molecular complexity index is 613. The van der Waals surface area contributed by atoms with Crippen LogP contribution in [0.2, 0.25) is 5.02 Å². The number of hydrogen-bond donors (Lipinski definition) is 1. The van der Waals surface area contributed by atoms with Gasteiger partial charge in [0.15, 0.2) is 0 Å². The monoisotopic (exact) mass is 369 g/mol. The van der Waals surface area contributed by atoms with Crippen LogP contribution in [0.3, 0.4) is 0 Å². The largest absolute Gasteiger partial charge is 1.00 e. The van der Waals surface area contributed by atoms with Gasteiger partial charge in [0.25, 0.3) is 0 Å². The summed E-state index contributed by atoms with van der Waals surface area (Å²) in [7, 11) is 0. The zero-order chi connectivity index (χ0) is 15.9. The molecule has 0 saturated carbocycles. The molecule has 1 fully saturated rings. The zero-order valence-electron chi connectivity index (χ0n) is 13.6. The van der Waals surface area contributed by atoms with Gasteiger partial charge >= 0.3 is 0 Å². The quantitative estimate of drug-likeness (QED) is 0.717. The Hall–Kier alpha value is -1.04. The molecule has 0 bridgehead atoms. The second-order valence-electron chi connectivity index (χ2n) is 5.76. The predicted octanol–water partition coefficient (Wildman–Crippen LogP) is 0.416. The molecular weight excluding hydrogens is 347 g/mol. The molecule has 1 aromatic carbocycles. The Morgan fingerprint density at radius 1 is 1.12 bits per heavy atom. The van der Waals surface area contributed by atoms with Gasteiger partial charge < -0.3 is 26.9 Å². The van der Waals surface area contributed by atoms with Crippen molar-refractivity contribution in [3.63, 3.8) is 0 Å². The molecule has 1 N–H and O–H groups in total. The minimum Gasteiger partial charge on any atom is -1.00 e. The number of morpholine rings is 1. The first-order chi connectivity index (χ1) is 11.3. The van der Waals surface area contributed by atoms with Gasteiger partial charge in [-0.05, 0) is 43.8 Å². The van der Waals surface area contributed by atoms with Crippen LogP contribution in [0.25, 0.3) is 11.3 Å². The fourth-order valence-corrected chi connectivity index (χ4v) is 2.92. The Labute approximate surface area is 154 Å². The van der Waals surface area contributed by atoms with E-state index in [0.717, 1.165) is 74.5 Å². The number of nitrogens with zero attached hydrogens (tertiary/aromatic N) is 1. The van der Waals surface area contributed by atoms with E-state index in [0.29, 0.717) is 0 Å². The van der Waals surface area contributed by atoms with Gasteiger partial charge in [-0.2, -0.15) is 0 Å². The first-order valence-corrected chi connectivity index (χ1v) is 8.54. The minimum absolute atomic E-state index is 0. The van der Waals surface area contributed by atoms with E-state index >= 15 is 0 Å². The molecule has 1 aliphatic rings. The maximum absolute atomic E-state index is 6.02. The number of rotatable bonds is 7. The normalized spacial score (nSPS) is 15.2. The number of ether oxygens (including phenoxy) is 1. The van der Waals surface area contributed by atoms with Crippen molar-refractivity contribution in [2.75, 3.05) is 39.4 Å². The van der Waals surface area contributed by atoms with Crippen molar-refractivity contribution < 1.29 is 21.6 Å². The second kappa shape index (κ2) is 10.1. The zero-order valence-corrected chi connectivity index (χ0v) is 15.2. The minimum atomic E-state index is 0. The average molecular weight is 370 g/mol. The van der Waals surface area contributed by atoms with Gasteiger partial charge in [0.2, 0.25) is 0 Å². The van der Waals surface area contributed by atoms with Crippen LogP contribution in [0, 0.1) is 0 Å². The summed E-state index contributed by atoms with van der Waals surface area (Å²) in [5, 5.41) is 4.16. The SMILES string of the molecule is Clc1cccc(-c2ccc(CNCCCN3CCOCC3)o2)c1.[Cl-]. The Morgan fingerprint density at radius 2 is 1.96 bits per heavy atom. The van der Waals surface area contributed by atoms with E-state index in [2.05, 4.69) is 10.2 Å². The van der Waals surface area contributed by atoms with E-state index in [-0.39, 0.29) is 12.4 Å². The molecule has 0 spiro atoms. The lowest BCUT2D eigenvalue weighted by atomic mass is 10.2. The Balaban J connectivity index is 0.00000208. The van der Waals surface area contributed by atoms with Crippen molar-refractivity contribution in [3.8, 4) is 11.3 Å². The second-order valence-corrected chi connectivity index (χ2v) is 6.20. The molecule has 1 aliphatic heterocycles. The van der Waals surface area contributed by atoms with Crippen molar-refractivity contribution in [1.82, 2.24) is 10.2 Å². The molecule has 0 amide bonds. The van der Waals surface area contributed by atoms with Crippen LogP contribution in [-0.2, 0) is 11.3 Å². The molecule has 2 aromatic rings. The van der Waals surface area contributed by atoms with Crippen LogP contribution in [0.4, 0.5) is 0 Å². The highest BCUT2D eigenvalue weighted by Crippen LogP contribution is 2.24. The average Bonchev–Trinajstić information content (AvgIpc) is 3.04. The fourth-order valence-electron chi connectivity index (χ4n) is 2.73. The highest BCUT2D eigenvalue weighted by atomic mass is 35.5. The van der Waals surface area contributed by atoms with Crippen LogP contribution < -0.4 is 17.7 Å². The summed E-state index contributed by atoms with van der Waals surface area (Å²) in [6.07, 6.45) is 1.14. The Kier molecular flexibility index (Phi) is 8.09. The number of hydrogen-bond acceptors (Lipinski definition) is 4. The summed E-state index contributed by atoms with van der Waals surface area (Å²) in [5.41, 5.74) is 1.01. The smallest absolute Gasteiger partial charge is 0.134 e. The van der Waals surface area contributed by atoms with Crippen molar-refractivity contribution in [1.29, 1.82) is 0 Å². The third-order valence-electron chi connectivity index (χ3n) is 4.00. The molecule has 6 heteroatoms. The van der Waals surface area contributed by atoms with Gasteiger partial charge in [-0.25, -0.2) is 0 Å². The lowest BCUT2D eigenvalue weighted by Crippen LogP contribution is -3.00. The van der Waals surface area contributed by atoms with Gasteiger partial charge in [0.05, 0.1) is 19.8 Å². The summed E-state index contributed by atoms with van der Waals surface area (Å²) in [5.74, 6) is 1.81. The van der Waals surface area contributed by atoms with E-state index in [4.69, 9.17) is 20.8 Å². The van der Waals surface area contributed by atoms with Gasteiger partial charge in [-0.15, -0.1) is 0 Å².